The number of halogens is 1. The van der Waals surface area contributed by atoms with Gasteiger partial charge in [0.15, 0.2) is 5.79 Å². The van der Waals surface area contributed by atoms with E-state index < -0.39 is 0 Å². The zero-order chi connectivity index (χ0) is 14.9. The minimum absolute atomic E-state index is 0.158. The van der Waals surface area contributed by atoms with Crippen LogP contribution in [0.1, 0.15) is 37.3 Å². The molecule has 1 atom stereocenters. The summed E-state index contributed by atoms with van der Waals surface area (Å²) in [6.07, 6.45) is 3.99. The number of nitrogens with zero attached hydrogens (tertiary/aromatic N) is 1. The minimum Gasteiger partial charge on any atom is -0.348 e. The first kappa shape index (κ1) is 14.9. The molecule has 3 rings (SSSR count). The molecular formula is C17H24FNO2. The maximum atomic E-state index is 13.5. The molecule has 1 spiro atoms. The molecule has 2 aliphatic rings. The highest BCUT2D eigenvalue weighted by molar-refractivity contribution is 5.21. The van der Waals surface area contributed by atoms with Crippen molar-refractivity contribution in [2.45, 2.75) is 37.5 Å². The van der Waals surface area contributed by atoms with Crippen LogP contribution >= 0.6 is 0 Å². The van der Waals surface area contributed by atoms with Crippen LogP contribution in [-0.4, -0.2) is 38.0 Å². The van der Waals surface area contributed by atoms with Gasteiger partial charge in [0.05, 0.1) is 13.2 Å². The molecule has 0 bridgehead atoms. The Balaban J connectivity index is 1.74. The van der Waals surface area contributed by atoms with Crippen molar-refractivity contribution in [1.29, 1.82) is 0 Å². The second-order valence-corrected chi connectivity index (χ2v) is 6.41. The second-order valence-electron chi connectivity index (χ2n) is 6.41. The first-order valence-electron chi connectivity index (χ1n) is 7.79. The number of hydrogen-bond donors (Lipinski definition) is 0. The molecule has 1 heterocycles. The maximum absolute atomic E-state index is 13.5. The van der Waals surface area contributed by atoms with Crippen LogP contribution in [0.5, 0.6) is 0 Å². The summed E-state index contributed by atoms with van der Waals surface area (Å²) in [6.45, 7) is 1.43. The summed E-state index contributed by atoms with van der Waals surface area (Å²) in [4.78, 5) is 2.20. The lowest BCUT2D eigenvalue weighted by Gasteiger charge is -2.40. The van der Waals surface area contributed by atoms with Gasteiger partial charge in [-0.2, -0.15) is 0 Å². The third-order valence-electron chi connectivity index (χ3n) is 4.80. The number of rotatable bonds is 3. The van der Waals surface area contributed by atoms with Gasteiger partial charge in [0, 0.05) is 18.9 Å². The molecule has 0 radical (unpaired) electrons. The predicted molar refractivity (Wildman–Crippen MR) is 79.4 cm³/mol. The van der Waals surface area contributed by atoms with Crippen LogP contribution < -0.4 is 0 Å². The van der Waals surface area contributed by atoms with E-state index in [1.165, 1.54) is 6.07 Å². The molecule has 3 nitrogen and oxygen atoms in total. The van der Waals surface area contributed by atoms with Crippen molar-refractivity contribution in [3.63, 3.8) is 0 Å². The Bertz CT molecular complexity index is 475. The van der Waals surface area contributed by atoms with Gasteiger partial charge >= 0.3 is 0 Å². The van der Waals surface area contributed by atoms with Gasteiger partial charge in [-0.3, -0.25) is 0 Å². The van der Waals surface area contributed by atoms with Crippen LogP contribution in [0.15, 0.2) is 24.3 Å². The monoisotopic (exact) mass is 293 g/mol. The van der Waals surface area contributed by atoms with Crippen LogP contribution in [0.4, 0.5) is 4.39 Å². The molecule has 1 aliphatic heterocycles. The Morgan fingerprint density at radius 1 is 1.19 bits per heavy atom. The van der Waals surface area contributed by atoms with Gasteiger partial charge in [0.25, 0.3) is 0 Å². The van der Waals surface area contributed by atoms with Gasteiger partial charge in [-0.15, -0.1) is 0 Å². The predicted octanol–water partition coefficient (Wildman–Crippen LogP) is 3.36. The van der Waals surface area contributed by atoms with Crippen LogP contribution in [-0.2, 0) is 9.47 Å². The number of benzene rings is 1. The molecule has 1 saturated heterocycles. The molecule has 1 aromatic rings. The summed E-state index contributed by atoms with van der Waals surface area (Å²) in [5, 5.41) is 0. The fourth-order valence-corrected chi connectivity index (χ4v) is 3.86. The Morgan fingerprint density at radius 2 is 1.86 bits per heavy atom. The molecule has 1 aromatic carbocycles. The van der Waals surface area contributed by atoms with Crippen LogP contribution in [0.2, 0.25) is 0 Å². The van der Waals surface area contributed by atoms with Crippen LogP contribution in [0.25, 0.3) is 0 Å². The lowest BCUT2D eigenvalue weighted by atomic mass is 9.78. The van der Waals surface area contributed by atoms with Gasteiger partial charge in [0.1, 0.15) is 5.82 Å². The fraction of sp³-hybridized carbons (Fsp3) is 0.647. The molecule has 1 aliphatic carbocycles. The quantitative estimate of drug-likeness (QED) is 0.853. The Kier molecular flexibility index (Phi) is 4.29. The Labute approximate surface area is 126 Å². The zero-order valence-corrected chi connectivity index (χ0v) is 12.8. The summed E-state index contributed by atoms with van der Waals surface area (Å²) in [5.74, 6) is 0.0317. The SMILES string of the molecule is CN(C)C(c1cccc(F)c1)C1CCC2(CC1)OCCO2. The van der Waals surface area contributed by atoms with E-state index in [9.17, 15) is 4.39 Å². The van der Waals surface area contributed by atoms with E-state index in [0.29, 0.717) is 19.1 Å². The highest BCUT2D eigenvalue weighted by atomic mass is 19.1. The van der Waals surface area contributed by atoms with Gasteiger partial charge in [-0.05, 0) is 50.6 Å². The van der Waals surface area contributed by atoms with Crippen molar-refractivity contribution in [2.24, 2.45) is 5.92 Å². The van der Waals surface area contributed by atoms with Crippen molar-refractivity contribution < 1.29 is 13.9 Å². The minimum atomic E-state index is -0.324. The standard InChI is InChI=1S/C17H24FNO2/c1-19(2)16(14-4-3-5-15(18)12-14)13-6-8-17(9-7-13)20-10-11-21-17/h3-5,12-13,16H,6-11H2,1-2H3. The molecule has 1 unspecified atom stereocenters. The Hall–Kier alpha value is -0.970. The maximum Gasteiger partial charge on any atom is 0.168 e. The summed E-state index contributed by atoms with van der Waals surface area (Å²) < 4.78 is 25.1. The van der Waals surface area contributed by atoms with E-state index >= 15 is 0 Å². The van der Waals surface area contributed by atoms with Crippen molar-refractivity contribution in [3.05, 3.63) is 35.6 Å². The van der Waals surface area contributed by atoms with Crippen LogP contribution in [0, 0.1) is 11.7 Å². The number of hydrogen-bond acceptors (Lipinski definition) is 3. The number of ether oxygens (including phenoxy) is 2. The first-order valence-corrected chi connectivity index (χ1v) is 7.79. The second kappa shape index (κ2) is 6.03. The molecule has 116 valence electrons. The normalized spacial score (nSPS) is 23.8. The lowest BCUT2D eigenvalue weighted by Crippen LogP contribution is -2.39. The average molecular weight is 293 g/mol. The molecule has 1 saturated carbocycles. The molecule has 4 heteroatoms. The van der Waals surface area contributed by atoms with Gasteiger partial charge in [0.2, 0.25) is 0 Å². The summed E-state index contributed by atoms with van der Waals surface area (Å²) in [7, 11) is 4.14. The molecule has 0 N–H and O–H groups in total. The van der Waals surface area contributed by atoms with Gasteiger partial charge < -0.3 is 14.4 Å². The van der Waals surface area contributed by atoms with E-state index in [0.717, 1.165) is 31.2 Å². The van der Waals surface area contributed by atoms with Crippen molar-refractivity contribution >= 4 is 0 Å². The first-order chi connectivity index (χ1) is 10.1. The molecule has 0 amide bonds. The van der Waals surface area contributed by atoms with Crippen molar-refractivity contribution in [2.75, 3.05) is 27.3 Å². The zero-order valence-electron chi connectivity index (χ0n) is 12.8. The highest BCUT2D eigenvalue weighted by Crippen LogP contribution is 2.44. The van der Waals surface area contributed by atoms with E-state index in [1.807, 2.05) is 6.07 Å². The van der Waals surface area contributed by atoms with E-state index in [1.54, 1.807) is 12.1 Å². The molecule has 21 heavy (non-hydrogen) atoms. The summed E-state index contributed by atoms with van der Waals surface area (Å²) in [5.41, 5.74) is 1.06. The largest absolute Gasteiger partial charge is 0.348 e. The van der Waals surface area contributed by atoms with Crippen molar-refractivity contribution in [3.8, 4) is 0 Å². The smallest absolute Gasteiger partial charge is 0.168 e. The van der Waals surface area contributed by atoms with E-state index in [-0.39, 0.29) is 17.6 Å². The van der Waals surface area contributed by atoms with E-state index in [4.69, 9.17) is 9.47 Å². The average Bonchev–Trinajstić information content (AvgIpc) is 2.90. The Morgan fingerprint density at radius 3 is 2.43 bits per heavy atom. The van der Waals surface area contributed by atoms with E-state index in [2.05, 4.69) is 19.0 Å². The molecule has 0 aromatic heterocycles. The molecule has 2 fully saturated rings. The van der Waals surface area contributed by atoms with Crippen molar-refractivity contribution in [1.82, 2.24) is 4.90 Å². The summed E-state index contributed by atoms with van der Waals surface area (Å²) >= 11 is 0. The van der Waals surface area contributed by atoms with Gasteiger partial charge in [-0.25, -0.2) is 4.39 Å². The topological polar surface area (TPSA) is 21.7 Å². The highest BCUT2D eigenvalue weighted by Gasteiger charge is 2.42. The lowest BCUT2D eigenvalue weighted by molar-refractivity contribution is -0.185. The van der Waals surface area contributed by atoms with Gasteiger partial charge in [-0.1, -0.05) is 12.1 Å². The van der Waals surface area contributed by atoms with Crippen LogP contribution in [0.3, 0.4) is 0 Å². The summed E-state index contributed by atoms with van der Waals surface area (Å²) in [6, 6.07) is 7.25. The molecular weight excluding hydrogens is 269 g/mol. The fourth-order valence-electron chi connectivity index (χ4n) is 3.86. The third kappa shape index (κ3) is 3.12. The third-order valence-corrected chi connectivity index (χ3v) is 4.80.